The molecular weight excluding hydrogens is 302 g/mol. The van der Waals surface area contributed by atoms with Crippen molar-refractivity contribution in [2.24, 2.45) is 0 Å². The van der Waals surface area contributed by atoms with Gasteiger partial charge < -0.3 is 14.8 Å². The number of carbonyl (C=O) groups is 2. The number of esters is 1. The molecule has 1 N–H and O–H groups in total. The van der Waals surface area contributed by atoms with Gasteiger partial charge in [-0.05, 0) is 43.0 Å². The van der Waals surface area contributed by atoms with Crippen molar-refractivity contribution in [1.29, 1.82) is 0 Å². The number of rotatable bonds is 5. The predicted octanol–water partition coefficient (Wildman–Crippen LogP) is 3.25. The summed E-state index contributed by atoms with van der Waals surface area (Å²) in [4.78, 5) is 24.6. The number of hydrogen-bond acceptors (Lipinski definition) is 5. The Morgan fingerprint density at radius 2 is 2.05 bits per heavy atom. The van der Waals surface area contributed by atoms with Gasteiger partial charge in [0.1, 0.15) is 10.6 Å². The molecule has 1 heterocycles. The van der Waals surface area contributed by atoms with Crippen LogP contribution in [0, 0.1) is 6.92 Å². The average Bonchev–Trinajstić information content (AvgIpc) is 2.93. The van der Waals surface area contributed by atoms with E-state index in [1.54, 1.807) is 31.4 Å². The zero-order chi connectivity index (χ0) is 16.1. The van der Waals surface area contributed by atoms with Crippen molar-refractivity contribution < 1.29 is 19.1 Å². The maximum Gasteiger partial charge on any atom is 0.349 e. The van der Waals surface area contributed by atoms with Gasteiger partial charge in [0.25, 0.3) is 5.91 Å². The summed E-state index contributed by atoms with van der Waals surface area (Å²) in [7, 11) is 1.55. The van der Waals surface area contributed by atoms with Crippen molar-refractivity contribution >= 4 is 28.9 Å². The lowest BCUT2D eigenvalue weighted by Gasteiger charge is -2.13. The topological polar surface area (TPSA) is 64.6 Å². The van der Waals surface area contributed by atoms with E-state index in [2.05, 4.69) is 5.32 Å². The van der Waals surface area contributed by atoms with Gasteiger partial charge in [0, 0.05) is 11.8 Å². The van der Waals surface area contributed by atoms with Gasteiger partial charge in [0.15, 0.2) is 6.10 Å². The van der Waals surface area contributed by atoms with Crippen LogP contribution in [0.4, 0.5) is 5.69 Å². The highest BCUT2D eigenvalue weighted by molar-refractivity contribution is 7.12. The quantitative estimate of drug-likeness (QED) is 0.859. The minimum absolute atomic E-state index is 0.393. The highest BCUT2D eigenvalue weighted by Crippen LogP contribution is 2.19. The molecule has 2 aromatic rings. The Labute approximate surface area is 132 Å². The molecular formula is C16H17NO4S. The van der Waals surface area contributed by atoms with Gasteiger partial charge in [-0.2, -0.15) is 0 Å². The molecule has 2 rings (SSSR count). The van der Waals surface area contributed by atoms with E-state index in [0.717, 1.165) is 5.56 Å². The third-order valence-corrected chi connectivity index (χ3v) is 4.03. The molecule has 116 valence electrons. The molecule has 0 saturated carbocycles. The number of benzene rings is 1. The van der Waals surface area contributed by atoms with Crippen LogP contribution in [-0.4, -0.2) is 25.1 Å². The Kier molecular flexibility index (Phi) is 5.16. The van der Waals surface area contributed by atoms with Crippen LogP contribution in [0.2, 0.25) is 0 Å². The number of anilines is 1. The third-order valence-electron chi connectivity index (χ3n) is 3.04. The molecule has 1 aromatic heterocycles. The number of carbonyl (C=O) groups excluding carboxylic acids is 2. The average molecular weight is 319 g/mol. The van der Waals surface area contributed by atoms with Crippen molar-refractivity contribution in [2.45, 2.75) is 20.0 Å². The van der Waals surface area contributed by atoms with E-state index in [0.29, 0.717) is 16.3 Å². The summed E-state index contributed by atoms with van der Waals surface area (Å²) >= 11 is 1.30. The van der Waals surface area contributed by atoms with E-state index in [1.165, 1.54) is 18.3 Å². The molecule has 0 fully saturated rings. The second-order valence-corrected chi connectivity index (χ2v) is 5.62. The molecule has 1 atom stereocenters. The smallest absolute Gasteiger partial charge is 0.349 e. The molecule has 0 saturated heterocycles. The Balaban J connectivity index is 1.97. The lowest BCUT2D eigenvalue weighted by Crippen LogP contribution is -2.29. The molecule has 0 aliphatic carbocycles. The molecule has 0 unspecified atom stereocenters. The zero-order valence-corrected chi connectivity index (χ0v) is 13.4. The van der Waals surface area contributed by atoms with Gasteiger partial charge in [-0.1, -0.05) is 6.07 Å². The first-order valence-electron chi connectivity index (χ1n) is 6.71. The van der Waals surface area contributed by atoms with Gasteiger partial charge in [0.05, 0.1) is 7.11 Å². The van der Waals surface area contributed by atoms with Crippen molar-refractivity contribution in [3.63, 3.8) is 0 Å². The summed E-state index contributed by atoms with van der Waals surface area (Å²) in [6.07, 6.45) is -0.889. The van der Waals surface area contributed by atoms with Crippen LogP contribution < -0.4 is 10.1 Å². The van der Waals surface area contributed by atoms with E-state index in [1.807, 2.05) is 18.4 Å². The van der Waals surface area contributed by atoms with Crippen LogP contribution in [-0.2, 0) is 9.53 Å². The van der Waals surface area contributed by atoms with Crippen molar-refractivity contribution in [2.75, 3.05) is 12.4 Å². The Bertz CT molecular complexity index is 680. The minimum atomic E-state index is -0.889. The van der Waals surface area contributed by atoms with Gasteiger partial charge in [-0.25, -0.2) is 4.79 Å². The summed E-state index contributed by atoms with van der Waals surface area (Å²) in [6, 6.07) is 8.80. The van der Waals surface area contributed by atoms with E-state index < -0.39 is 18.0 Å². The number of amides is 1. The van der Waals surface area contributed by atoms with Gasteiger partial charge >= 0.3 is 5.97 Å². The summed E-state index contributed by atoms with van der Waals surface area (Å²) in [6.45, 7) is 3.37. The molecule has 0 bridgehead atoms. The van der Waals surface area contributed by atoms with Crippen LogP contribution in [0.25, 0.3) is 0 Å². The maximum absolute atomic E-state index is 12.1. The van der Waals surface area contributed by atoms with E-state index >= 15 is 0 Å². The highest BCUT2D eigenvalue weighted by atomic mass is 32.1. The monoisotopic (exact) mass is 319 g/mol. The number of methoxy groups -OCH3 is 1. The first-order chi connectivity index (χ1) is 10.5. The van der Waals surface area contributed by atoms with Crippen molar-refractivity contribution in [3.05, 3.63) is 46.2 Å². The molecule has 6 heteroatoms. The fourth-order valence-corrected chi connectivity index (χ4v) is 2.60. The molecule has 0 radical (unpaired) electrons. The number of ether oxygens (including phenoxy) is 2. The van der Waals surface area contributed by atoms with E-state index in [9.17, 15) is 9.59 Å². The summed E-state index contributed by atoms with van der Waals surface area (Å²) < 4.78 is 10.3. The second-order valence-electron chi connectivity index (χ2n) is 4.70. The lowest BCUT2D eigenvalue weighted by molar-refractivity contribution is -0.123. The summed E-state index contributed by atoms with van der Waals surface area (Å²) in [5.74, 6) is -0.242. The fraction of sp³-hybridized carbons (Fsp3) is 0.250. The first kappa shape index (κ1) is 16.0. The Hall–Kier alpha value is -2.34. The summed E-state index contributed by atoms with van der Waals surface area (Å²) in [5, 5.41) is 4.50. The van der Waals surface area contributed by atoms with Crippen molar-refractivity contribution in [3.8, 4) is 5.75 Å². The standard InChI is InChI=1S/C16H17NO4S/c1-10-7-8-22-14(10)16(19)21-11(2)15(18)17-12-5-4-6-13(9-12)20-3/h4-9,11H,1-3H3,(H,17,18)/t11-/m1/s1. The molecule has 0 aliphatic rings. The van der Waals surface area contributed by atoms with Crippen LogP contribution in [0.15, 0.2) is 35.7 Å². The Morgan fingerprint density at radius 3 is 2.68 bits per heavy atom. The molecule has 0 aliphatic heterocycles. The third kappa shape index (κ3) is 3.85. The number of aryl methyl sites for hydroxylation is 1. The predicted molar refractivity (Wildman–Crippen MR) is 85.6 cm³/mol. The SMILES string of the molecule is COc1cccc(NC(=O)[C@@H](C)OC(=O)c2sccc2C)c1. The van der Waals surface area contributed by atoms with Gasteiger partial charge in [-0.15, -0.1) is 11.3 Å². The lowest BCUT2D eigenvalue weighted by atomic mass is 10.2. The number of hydrogen-bond donors (Lipinski definition) is 1. The zero-order valence-electron chi connectivity index (χ0n) is 12.6. The number of nitrogens with one attached hydrogen (secondary N) is 1. The Morgan fingerprint density at radius 1 is 1.27 bits per heavy atom. The highest BCUT2D eigenvalue weighted by Gasteiger charge is 2.21. The van der Waals surface area contributed by atoms with Crippen molar-refractivity contribution in [1.82, 2.24) is 0 Å². The number of thiophene rings is 1. The van der Waals surface area contributed by atoms with Gasteiger partial charge in [-0.3, -0.25) is 4.79 Å². The van der Waals surface area contributed by atoms with Crippen LogP contribution >= 0.6 is 11.3 Å². The molecule has 0 spiro atoms. The van der Waals surface area contributed by atoms with Crippen LogP contribution in [0.5, 0.6) is 5.75 Å². The van der Waals surface area contributed by atoms with E-state index in [-0.39, 0.29) is 0 Å². The van der Waals surface area contributed by atoms with Gasteiger partial charge in [0.2, 0.25) is 0 Å². The van der Waals surface area contributed by atoms with Crippen LogP contribution in [0.3, 0.4) is 0 Å². The largest absolute Gasteiger partial charge is 0.497 e. The molecule has 1 amide bonds. The molecule has 5 nitrogen and oxygen atoms in total. The first-order valence-corrected chi connectivity index (χ1v) is 7.59. The van der Waals surface area contributed by atoms with E-state index in [4.69, 9.17) is 9.47 Å². The summed E-state index contributed by atoms with van der Waals surface area (Å²) in [5.41, 5.74) is 1.43. The normalized spacial score (nSPS) is 11.6. The molecule has 1 aromatic carbocycles. The van der Waals surface area contributed by atoms with Crippen LogP contribution in [0.1, 0.15) is 22.2 Å². The fourth-order valence-electron chi connectivity index (χ4n) is 1.79. The second kappa shape index (κ2) is 7.09. The molecule has 22 heavy (non-hydrogen) atoms. The minimum Gasteiger partial charge on any atom is -0.497 e. The maximum atomic E-state index is 12.1.